The van der Waals surface area contributed by atoms with E-state index < -0.39 is 12.1 Å². The maximum atomic E-state index is 12.3. The highest BCUT2D eigenvalue weighted by Crippen LogP contribution is 2.11. The zero-order valence-corrected chi connectivity index (χ0v) is 27.7. The first-order valence-corrected chi connectivity index (χ1v) is 17.3. The van der Waals surface area contributed by atoms with Crippen LogP contribution in [0.3, 0.4) is 0 Å². The lowest BCUT2D eigenvalue weighted by Crippen LogP contribution is -2.45. The van der Waals surface area contributed by atoms with Gasteiger partial charge in [0.2, 0.25) is 5.91 Å². The van der Waals surface area contributed by atoms with Gasteiger partial charge in [0.25, 0.3) is 0 Å². The van der Waals surface area contributed by atoms with Crippen LogP contribution >= 0.6 is 0 Å². The first-order valence-electron chi connectivity index (χ1n) is 17.3. The summed E-state index contributed by atoms with van der Waals surface area (Å²) in [5, 5.41) is 22.7. The van der Waals surface area contributed by atoms with Crippen LogP contribution in [0.5, 0.6) is 0 Å². The highest BCUT2D eigenvalue weighted by molar-refractivity contribution is 5.76. The molecule has 244 valence electrons. The quantitative estimate of drug-likeness (QED) is 0.0595. The van der Waals surface area contributed by atoms with Crippen molar-refractivity contribution >= 4 is 5.91 Å². The zero-order chi connectivity index (χ0) is 31.5. The standard InChI is InChI=1S/C39H65NO3/c1-3-5-7-9-11-13-15-16-17-18-19-20-21-22-23-24-25-27-29-31-33-35-39(43)40-37(36-41)38(42)34-32-30-28-26-14-12-10-8-6-4-2/h5-8,11,13-14,16-17,19-20,26,32,34,37-38,41-42H,3-4,9-10,12,15,18,21-25,27-31,33,35-36H2,1-2H3,(H,40,43)/b7-5-,8-6+,13-11-,17-16-,20-19-,26-14+,34-32+. The lowest BCUT2D eigenvalue weighted by Gasteiger charge is -2.19. The van der Waals surface area contributed by atoms with Gasteiger partial charge in [-0.05, 0) is 77.0 Å². The Morgan fingerprint density at radius 2 is 0.977 bits per heavy atom. The van der Waals surface area contributed by atoms with Crippen molar-refractivity contribution in [2.24, 2.45) is 0 Å². The molecule has 0 aliphatic rings. The zero-order valence-electron chi connectivity index (χ0n) is 27.7. The van der Waals surface area contributed by atoms with Crippen LogP contribution in [-0.4, -0.2) is 34.9 Å². The average molecular weight is 596 g/mol. The Bertz CT molecular complexity index is 818. The molecule has 4 heteroatoms. The minimum Gasteiger partial charge on any atom is -0.394 e. The van der Waals surface area contributed by atoms with E-state index in [1.54, 1.807) is 6.08 Å². The summed E-state index contributed by atoms with van der Waals surface area (Å²) >= 11 is 0. The summed E-state index contributed by atoms with van der Waals surface area (Å²) in [7, 11) is 0. The molecule has 0 radical (unpaired) electrons. The molecular weight excluding hydrogens is 530 g/mol. The Labute approximate surface area is 265 Å². The van der Waals surface area contributed by atoms with Crippen LogP contribution in [0.15, 0.2) is 85.1 Å². The van der Waals surface area contributed by atoms with Gasteiger partial charge in [0.1, 0.15) is 0 Å². The Balaban J connectivity index is 3.70. The number of aliphatic hydroxyl groups excluding tert-OH is 2. The summed E-state index contributed by atoms with van der Waals surface area (Å²) < 4.78 is 0. The third kappa shape index (κ3) is 30.8. The Morgan fingerprint density at radius 3 is 1.53 bits per heavy atom. The van der Waals surface area contributed by atoms with E-state index in [0.717, 1.165) is 77.0 Å². The fraction of sp³-hybridized carbons (Fsp3) is 0.615. The molecule has 0 aliphatic heterocycles. The van der Waals surface area contributed by atoms with Crippen molar-refractivity contribution in [1.82, 2.24) is 5.32 Å². The number of carbonyl (C=O) groups excluding carboxylic acids is 1. The summed E-state index contributed by atoms with van der Waals surface area (Å²) in [5.41, 5.74) is 0. The van der Waals surface area contributed by atoms with Gasteiger partial charge in [-0.2, -0.15) is 0 Å². The van der Waals surface area contributed by atoms with Crippen molar-refractivity contribution in [3.8, 4) is 0 Å². The number of unbranched alkanes of at least 4 members (excludes halogenated alkanes) is 10. The number of amides is 1. The van der Waals surface area contributed by atoms with Gasteiger partial charge in [0, 0.05) is 6.42 Å². The largest absolute Gasteiger partial charge is 0.394 e. The van der Waals surface area contributed by atoms with Crippen molar-refractivity contribution in [3.63, 3.8) is 0 Å². The number of nitrogens with one attached hydrogen (secondary N) is 1. The summed E-state index contributed by atoms with van der Waals surface area (Å²) in [5.74, 6) is -0.0950. The fourth-order valence-electron chi connectivity index (χ4n) is 4.50. The van der Waals surface area contributed by atoms with Crippen LogP contribution in [0.1, 0.15) is 136 Å². The van der Waals surface area contributed by atoms with Gasteiger partial charge in [0.05, 0.1) is 18.8 Å². The Kier molecular flexibility index (Phi) is 32.1. The molecule has 0 spiro atoms. The van der Waals surface area contributed by atoms with Crippen molar-refractivity contribution in [2.75, 3.05) is 6.61 Å². The highest BCUT2D eigenvalue weighted by Gasteiger charge is 2.17. The van der Waals surface area contributed by atoms with Gasteiger partial charge in [-0.3, -0.25) is 4.79 Å². The molecule has 0 bridgehead atoms. The minimum absolute atomic E-state index is 0.0950. The monoisotopic (exact) mass is 595 g/mol. The molecule has 1 amide bonds. The molecule has 0 aromatic heterocycles. The Morgan fingerprint density at radius 1 is 0.558 bits per heavy atom. The van der Waals surface area contributed by atoms with E-state index in [4.69, 9.17) is 0 Å². The first kappa shape index (κ1) is 40.6. The highest BCUT2D eigenvalue weighted by atomic mass is 16.3. The molecule has 0 saturated heterocycles. The molecule has 0 saturated carbocycles. The molecule has 2 unspecified atom stereocenters. The third-order valence-corrected chi connectivity index (χ3v) is 7.10. The van der Waals surface area contributed by atoms with Crippen LogP contribution in [0.4, 0.5) is 0 Å². The van der Waals surface area contributed by atoms with E-state index in [1.807, 2.05) is 6.08 Å². The molecule has 3 N–H and O–H groups in total. The second kappa shape index (κ2) is 34.1. The number of carbonyl (C=O) groups is 1. The maximum Gasteiger partial charge on any atom is 0.220 e. The normalized spacial score (nSPS) is 14.2. The van der Waals surface area contributed by atoms with Crippen molar-refractivity contribution in [2.45, 2.75) is 148 Å². The van der Waals surface area contributed by atoms with Crippen LogP contribution < -0.4 is 5.32 Å². The molecule has 2 atom stereocenters. The summed E-state index contributed by atoms with van der Waals surface area (Å²) in [6, 6.07) is -0.652. The number of hydrogen-bond donors (Lipinski definition) is 3. The second-order valence-electron chi connectivity index (χ2n) is 11.1. The van der Waals surface area contributed by atoms with Gasteiger partial charge in [-0.1, -0.05) is 137 Å². The van der Waals surface area contributed by atoms with E-state index in [9.17, 15) is 15.0 Å². The maximum absolute atomic E-state index is 12.3. The van der Waals surface area contributed by atoms with E-state index in [1.165, 1.54) is 38.5 Å². The smallest absolute Gasteiger partial charge is 0.220 e. The van der Waals surface area contributed by atoms with Gasteiger partial charge in [-0.15, -0.1) is 0 Å². The van der Waals surface area contributed by atoms with Gasteiger partial charge >= 0.3 is 0 Å². The molecule has 0 heterocycles. The fourth-order valence-corrected chi connectivity index (χ4v) is 4.50. The topological polar surface area (TPSA) is 69.6 Å². The van der Waals surface area contributed by atoms with E-state index >= 15 is 0 Å². The van der Waals surface area contributed by atoms with Gasteiger partial charge < -0.3 is 15.5 Å². The third-order valence-electron chi connectivity index (χ3n) is 7.10. The van der Waals surface area contributed by atoms with Crippen molar-refractivity contribution in [1.29, 1.82) is 0 Å². The summed E-state index contributed by atoms with van der Waals surface area (Å²) in [6.07, 6.45) is 49.5. The molecule has 0 rings (SSSR count). The predicted molar refractivity (Wildman–Crippen MR) is 188 cm³/mol. The number of rotatable bonds is 29. The van der Waals surface area contributed by atoms with Crippen molar-refractivity contribution < 1.29 is 15.0 Å². The van der Waals surface area contributed by atoms with Crippen LogP contribution in [0.2, 0.25) is 0 Å². The summed E-state index contributed by atoms with van der Waals surface area (Å²) in [4.78, 5) is 12.3. The number of allylic oxidation sites excluding steroid dienone is 13. The van der Waals surface area contributed by atoms with E-state index in [2.05, 4.69) is 92.1 Å². The molecule has 0 fully saturated rings. The second-order valence-corrected chi connectivity index (χ2v) is 11.1. The molecule has 0 aromatic carbocycles. The van der Waals surface area contributed by atoms with Gasteiger partial charge in [-0.25, -0.2) is 0 Å². The van der Waals surface area contributed by atoms with Crippen LogP contribution in [-0.2, 0) is 4.79 Å². The molecular formula is C39H65NO3. The molecule has 0 aromatic rings. The van der Waals surface area contributed by atoms with E-state index in [0.29, 0.717) is 6.42 Å². The molecule has 43 heavy (non-hydrogen) atoms. The van der Waals surface area contributed by atoms with Gasteiger partial charge in [0.15, 0.2) is 0 Å². The lowest BCUT2D eigenvalue weighted by atomic mass is 10.1. The molecule has 0 aliphatic carbocycles. The minimum atomic E-state index is -0.875. The SMILES string of the molecule is CC/C=C\C/C=C\C/C=C\C/C=C\CCCCCCCCCCC(=O)NC(CO)C(O)/C=C/CC/C=C/CC/C=C/CC. The average Bonchev–Trinajstić information content (AvgIpc) is 3.01. The first-order chi connectivity index (χ1) is 21.2. The predicted octanol–water partition coefficient (Wildman–Crippen LogP) is 10.2. The van der Waals surface area contributed by atoms with E-state index in [-0.39, 0.29) is 12.5 Å². The molecule has 4 nitrogen and oxygen atoms in total. The lowest BCUT2D eigenvalue weighted by molar-refractivity contribution is -0.123. The summed E-state index contributed by atoms with van der Waals surface area (Å²) in [6.45, 7) is 4.02. The number of hydrogen-bond acceptors (Lipinski definition) is 3. The van der Waals surface area contributed by atoms with Crippen molar-refractivity contribution in [3.05, 3.63) is 85.1 Å². The van der Waals surface area contributed by atoms with Crippen LogP contribution in [0, 0.1) is 0 Å². The van der Waals surface area contributed by atoms with Crippen LogP contribution in [0.25, 0.3) is 0 Å². The number of aliphatic hydroxyl groups is 2. The Hall–Kier alpha value is -2.43.